The number of benzene rings is 3. The summed E-state index contributed by atoms with van der Waals surface area (Å²) in [6.07, 6.45) is 1.35. The standard InChI is InChI=1S/C25H18Cl2N2O5/c1-32-18-9-7-16(8-10-18)25(31)34-22-13-15(6-11-21(22)33-2)12-17(14-28)24(30)29-20-5-3-4-19(26)23(20)27/h3-13H,1-2H3,(H,29,30)/b17-12+. The minimum Gasteiger partial charge on any atom is -0.497 e. The number of anilines is 1. The Bertz CT molecular complexity index is 1300. The molecule has 0 fully saturated rings. The highest BCUT2D eigenvalue weighted by Gasteiger charge is 2.16. The van der Waals surface area contributed by atoms with Crippen molar-refractivity contribution >= 4 is 46.8 Å². The fraction of sp³-hybridized carbons (Fsp3) is 0.0800. The van der Waals surface area contributed by atoms with Crippen molar-refractivity contribution in [2.45, 2.75) is 0 Å². The highest BCUT2D eigenvalue weighted by molar-refractivity contribution is 6.44. The Morgan fingerprint density at radius 1 is 0.971 bits per heavy atom. The molecule has 0 radical (unpaired) electrons. The normalized spacial score (nSPS) is 10.7. The molecule has 0 saturated carbocycles. The van der Waals surface area contributed by atoms with Crippen LogP contribution in [0.3, 0.4) is 0 Å². The van der Waals surface area contributed by atoms with E-state index in [-0.39, 0.29) is 27.1 Å². The fourth-order valence-corrected chi connectivity index (χ4v) is 3.20. The lowest BCUT2D eigenvalue weighted by Gasteiger charge is -2.11. The molecule has 172 valence electrons. The Morgan fingerprint density at radius 3 is 2.35 bits per heavy atom. The van der Waals surface area contributed by atoms with Crippen LogP contribution in [0.1, 0.15) is 15.9 Å². The summed E-state index contributed by atoms with van der Waals surface area (Å²) in [4.78, 5) is 25.2. The van der Waals surface area contributed by atoms with Crippen LogP contribution in [0.5, 0.6) is 17.2 Å². The van der Waals surface area contributed by atoms with Gasteiger partial charge in [0.15, 0.2) is 11.5 Å². The van der Waals surface area contributed by atoms with Crippen molar-refractivity contribution in [1.82, 2.24) is 0 Å². The molecule has 3 aromatic rings. The van der Waals surface area contributed by atoms with Gasteiger partial charge in [0.1, 0.15) is 17.4 Å². The van der Waals surface area contributed by atoms with Gasteiger partial charge in [-0.2, -0.15) is 5.26 Å². The molecule has 0 heterocycles. The van der Waals surface area contributed by atoms with E-state index in [4.69, 9.17) is 37.4 Å². The SMILES string of the molecule is COc1ccc(C(=O)Oc2cc(/C=C(\C#N)C(=O)Nc3cccc(Cl)c3Cl)ccc2OC)cc1. The first-order valence-electron chi connectivity index (χ1n) is 9.77. The Morgan fingerprint density at radius 2 is 1.71 bits per heavy atom. The number of nitrogens with one attached hydrogen (secondary N) is 1. The van der Waals surface area contributed by atoms with Gasteiger partial charge in [0.05, 0.1) is 35.5 Å². The Kier molecular flexibility index (Phi) is 8.14. The van der Waals surface area contributed by atoms with Gasteiger partial charge in [-0.05, 0) is 60.2 Å². The molecule has 0 aliphatic carbocycles. The van der Waals surface area contributed by atoms with E-state index in [1.165, 1.54) is 26.4 Å². The number of hydrogen-bond acceptors (Lipinski definition) is 6. The predicted molar refractivity (Wildman–Crippen MR) is 130 cm³/mol. The molecule has 3 rings (SSSR count). The number of nitriles is 1. The summed E-state index contributed by atoms with van der Waals surface area (Å²) in [5.41, 5.74) is 0.805. The van der Waals surface area contributed by atoms with Gasteiger partial charge in [0.25, 0.3) is 5.91 Å². The second kappa shape index (κ2) is 11.2. The number of rotatable bonds is 7. The first-order chi connectivity index (χ1) is 16.4. The van der Waals surface area contributed by atoms with Gasteiger partial charge in [-0.15, -0.1) is 0 Å². The van der Waals surface area contributed by atoms with Crippen molar-refractivity contribution in [3.63, 3.8) is 0 Å². The average Bonchev–Trinajstić information content (AvgIpc) is 2.85. The highest BCUT2D eigenvalue weighted by atomic mass is 35.5. The molecule has 0 aromatic heterocycles. The summed E-state index contributed by atoms with van der Waals surface area (Å²) >= 11 is 12.1. The van der Waals surface area contributed by atoms with Crippen LogP contribution in [0.2, 0.25) is 10.0 Å². The van der Waals surface area contributed by atoms with Gasteiger partial charge in [-0.3, -0.25) is 4.79 Å². The Labute approximate surface area is 206 Å². The number of carbonyl (C=O) groups excluding carboxylic acids is 2. The molecule has 3 aromatic carbocycles. The van der Waals surface area contributed by atoms with Crippen molar-refractivity contribution in [3.8, 4) is 23.3 Å². The Balaban J connectivity index is 1.85. The molecular weight excluding hydrogens is 479 g/mol. The van der Waals surface area contributed by atoms with Crippen LogP contribution >= 0.6 is 23.2 Å². The van der Waals surface area contributed by atoms with Crippen LogP contribution in [0.4, 0.5) is 5.69 Å². The summed E-state index contributed by atoms with van der Waals surface area (Å²) in [6, 6.07) is 17.7. The molecule has 7 nitrogen and oxygen atoms in total. The number of hydrogen-bond donors (Lipinski definition) is 1. The van der Waals surface area contributed by atoms with Crippen LogP contribution in [0, 0.1) is 11.3 Å². The summed E-state index contributed by atoms with van der Waals surface area (Å²) in [5, 5.41) is 12.5. The van der Waals surface area contributed by atoms with Crippen LogP contribution in [0.25, 0.3) is 6.08 Å². The molecule has 1 N–H and O–H groups in total. The lowest BCUT2D eigenvalue weighted by molar-refractivity contribution is -0.112. The molecule has 0 unspecified atom stereocenters. The number of amides is 1. The van der Waals surface area contributed by atoms with Crippen molar-refractivity contribution in [1.29, 1.82) is 5.26 Å². The third-order valence-electron chi connectivity index (χ3n) is 4.59. The molecule has 0 aliphatic rings. The minimum absolute atomic E-state index is 0.118. The van der Waals surface area contributed by atoms with Gasteiger partial charge in [0, 0.05) is 0 Å². The summed E-state index contributed by atoms with van der Waals surface area (Å²) in [7, 11) is 2.95. The maximum atomic E-state index is 12.6. The smallest absolute Gasteiger partial charge is 0.343 e. The van der Waals surface area contributed by atoms with Crippen LogP contribution in [-0.4, -0.2) is 26.1 Å². The van der Waals surface area contributed by atoms with Crippen molar-refractivity contribution in [3.05, 3.63) is 87.4 Å². The third kappa shape index (κ3) is 5.87. The highest BCUT2D eigenvalue weighted by Crippen LogP contribution is 2.31. The molecule has 0 atom stereocenters. The number of esters is 1. The number of halogens is 2. The Hall–Kier alpha value is -3.99. The van der Waals surface area contributed by atoms with Crippen LogP contribution < -0.4 is 19.5 Å². The molecule has 0 saturated heterocycles. The van der Waals surface area contributed by atoms with Crippen molar-refractivity contribution < 1.29 is 23.8 Å². The zero-order chi connectivity index (χ0) is 24.7. The summed E-state index contributed by atoms with van der Waals surface area (Å²) < 4.78 is 15.8. The first kappa shape index (κ1) is 24.6. The maximum absolute atomic E-state index is 12.6. The van der Waals surface area contributed by atoms with Gasteiger partial charge in [-0.25, -0.2) is 4.79 Å². The number of carbonyl (C=O) groups is 2. The summed E-state index contributed by atoms with van der Waals surface area (Å²) in [6.45, 7) is 0. The molecular formula is C25H18Cl2N2O5. The largest absolute Gasteiger partial charge is 0.497 e. The molecule has 0 bridgehead atoms. The minimum atomic E-state index is -0.681. The maximum Gasteiger partial charge on any atom is 0.343 e. The van der Waals surface area contributed by atoms with Crippen LogP contribution in [-0.2, 0) is 4.79 Å². The van der Waals surface area contributed by atoms with E-state index in [9.17, 15) is 14.9 Å². The van der Waals surface area contributed by atoms with Gasteiger partial charge in [0.2, 0.25) is 0 Å². The van der Waals surface area contributed by atoms with Crippen LogP contribution in [0.15, 0.2) is 66.2 Å². The molecule has 1 amide bonds. The van der Waals surface area contributed by atoms with E-state index in [1.54, 1.807) is 54.6 Å². The molecule has 34 heavy (non-hydrogen) atoms. The molecule has 0 aliphatic heterocycles. The summed E-state index contributed by atoms with van der Waals surface area (Å²) in [5.74, 6) is -0.279. The first-order valence-corrected chi connectivity index (χ1v) is 10.5. The zero-order valence-electron chi connectivity index (χ0n) is 18.1. The van der Waals surface area contributed by atoms with E-state index in [2.05, 4.69) is 5.32 Å². The average molecular weight is 497 g/mol. The van der Waals surface area contributed by atoms with Crippen molar-refractivity contribution in [2.75, 3.05) is 19.5 Å². The molecule has 0 spiro atoms. The van der Waals surface area contributed by atoms with Gasteiger partial charge < -0.3 is 19.5 Å². The quantitative estimate of drug-likeness (QED) is 0.193. The van der Waals surface area contributed by atoms with E-state index in [0.29, 0.717) is 22.6 Å². The van der Waals surface area contributed by atoms with E-state index >= 15 is 0 Å². The topological polar surface area (TPSA) is 97.7 Å². The second-order valence-corrected chi connectivity index (χ2v) is 7.54. The zero-order valence-corrected chi connectivity index (χ0v) is 19.6. The number of nitrogens with zero attached hydrogens (tertiary/aromatic N) is 1. The van der Waals surface area contributed by atoms with E-state index in [1.807, 2.05) is 6.07 Å². The number of ether oxygens (including phenoxy) is 3. The van der Waals surface area contributed by atoms with E-state index in [0.717, 1.165) is 0 Å². The number of methoxy groups -OCH3 is 2. The monoisotopic (exact) mass is 496 g/mol. The molecule has 9 heteroatoms. The van der Waals surface area contributed by atoms with Crippen molar-refractivity contribution in [2.24, 2.45) is 0 Å². The van der Waals surface area contributed by atoms with Gasteiger partial charge in [-0.1, -0.05) is 35.3 Å². The third-order valence-corrected chi connectivity index (χ3v) is 5.41. The van der Waals surface area contributed by atoms with E-state index < -0.39 is 11.9 Å². The predicted octanol–water partition coefficient (Wildman–Crippen LogP) is 5.78. The lowest BCUT2D eigenvalue weighted by Crippen LogP contribution is -2.14. The fourth-order valence-electron chi connectivity index (χ4n) is 2.85. The van der Waals surface area contributed by atoms with Gasteiger partial charge >= 0.3 is 5.97 Å². The second-order valence-electron chi connectivity index (χ2n) is 6.75. The lowest BCUT2D eigenvalue weighted by atomic mass is 10.1.